The summed E-state index contributed by atoms with van der Waals surface area (Å²) in [5, 5.41) is 4.17. The molecule has 1 amide bonds. The highest BCUT2D eigenvalue weighted by atomic mass is 32.1. The molecule has 3 rings (SSSR count). The summed E-state index contributed by atoms with van der Waals surface area (Å²) >= 11 is 1.54. The minimum Gasteiger partial charge on any atom is -0.350 e. The molecule has 0 fully saturated rings. The molecule has 1 aromatic carbocycles. The Bertz CT molecular complexity index is 778. The first-order chi connectivity index (χ1) is 9.63. The van der Waals surface area contributed by atoms with Gasteiger partial charge >= 0.3 is 0 Å². The van der Waals surface area contributed by atoms with Crippen LogP contribution in [0.15, 0.2) is 30.5 Å². The van der Waals surface area contributed by atoms with E-state index in [-0.39, 0.29) is 11.7 Å². The number of amides is 1. The van der Waals surface area contributed by atoms with E-state index < -0.39 is 0 Å². The number of nitrogens with one attached hydrogen (secondary N) is 2. The quantitative estimate of drug-likeness (QED) is 0.778. The van der Waals surface area contributed by atoms with Crippen LogP contribution in [0.3, 0.4) is 0 Å². The van der Waals surface area contributed by atoms with Crippen molar-refractivity contribution in [1.29, 1.82) is 0 Å². The third kappa shape index (κ3) is 2.42. The zero-order chi connectivity index (χ0) is 14.1. The maximum Gasteiger partial charge on any atom is 0.268 e. The van der Waals surface area contributed by atoms with Gasteiger partial charge in [-0.3, -0.25) is 4.79 Å². The molecule has 2 N–H and O–H groups in total. The van der Waals surface area contributed by atoms with Crippen LogP contribution in [0.1, 0.15) is 20.4 Å². The van der Waals surface area contributed by atoms with Crippen molar-refractivity contribution in [1.82, 2.24) is 15.3 Å². The molecule has 0 saturated carbocycles. The Labute approximate surface area is 118 Å². The molecule has 0 bridgehead atoms. The number of thiazole rings is 1. The number of hydrogen-bond donors (Lipinski definition) is 2. The molecule has 0 aliphatic rings. The second kappa shape index (κ2) is 5.05. The Morgan fingerprint density at radius 1 is 1.50 bits per heavy atom. The van der Waals surface area contributed by atoms with Gasteiger partial charge in [0.15, 0.2) is 0 Å². The van der Waals surface area contributed by atoms with E-state index in [1.165, 1.54) is 23.5 Å². The summed E-state index contributed by atoms with van der Waals surface area (Å²) < 4.78 is 13.6. The monoisotopic (exact) mass is 289 g/mol. The Morgan fingerprint density at radius 2 is 2.35 bits per heavy atom. The normalized spacial score (nSPS) is 10.9. The molecule has 0 aliphatic heterocycles. The van der Waals surface area contributed by atoms with E-state index in [2.05, 4.69) is 15.3 Å². The lowest BCUT2D eigenvalue weighted by atomic mass is 10.2. The van der Waals surface area contributed by atoms with Crippen LogP contribution in [-0.2, 0) is 6.54 Å². The van der Waals surface area contributed by atoms with Gasteiger partial charge in [-0.25, -0.2) is 9.37 Å². The van der Waals surface area contributed by atoms with E-state index >= 15 is 0 Å². The number of H-pyrrole nitrogens is 1. The highest BCUT2D eigenvalue weighted by Crippen LogP contribution is 2.18. The molecule has 0 radical (unpaired) electrons. The Balaban J connectivity index is 1.77. The molecule has 2 aromatic heterocycles. The Hall–Kier alpha value is -2.21. The number of carbonyl (C=O) groups excluding carboxylic acids is 1. The Morgan fingerprint density at radius 3 is 3.05 bits per heavy atom. The molecule has 0 spiro atoms. The number of aromatic nitrogens is 2. The fraction of sp³-hybridized carbons (Fsp3) is 0.143. The lowest BCUT2D eigenvalue weighted by Crippen LogP contribution is -2.22. The first-order valence-electron chi connectivity index (χ1n) is 6.10. The van der Waals surface area contributed by atoms with Gasteiger partial charge in [-0.05, 0) is 25.1 Å². The number of fused-ring (bicyclic) bond motifs is 1. The van der Waals surface area contributed by atoms with Crippen LogP contribution in [0, 0.1) is 12.7 Å². The van der Waals surface area contributed by atoms with Crippen molar-refractivity contribution in [2.75, 3.05) is 0 Å². The summed E-state index contributed by atoms with van der Waals surface area (Å²) in [7, 11) is 0. The molecule has 0 aliphatic carbocycles. The van der Waals surface area contributed by atoms with Gasteiger partial charge < -0.3 is 10.3 Å². The molecule has 2 heterocycles. The van der Waals surface area contributed by atoms with Gasteiger partial charge in [0.2, 0.25) is 0 Å². The summed E-state index contributed by atoms with van der Waals surface area (Å²) in [4.78, 5) is 20.0. The molecule has 0 unspecified atom stereocenters. The van der Waals surface area contributed by atoms with Gasteiger partial charge in [0.25, 0.3) is 5.91 Å². The van der Waals surface area contributed by atoms with E-state index in [0.29, 0.717) is 23.1 Å². The first-order valence-corrected chi connectivity index (χ1v) is 6.92. The SMILES string of the molecule is Cc1ncc(CNC(=O)c2cc3c(F)cccc3[nH]2)s1. The minimum absolute atomic E-state index is 0.258. The van der Waals surface area contributed by atoms with E-state index in [9.17, 15) is 9.18 Å². The topological polar surface area (TPSA) is 57.8 Å². The summed E-state index contributed by atoms with van der Waals surface area (Å²) in [5.74, 6) is -0.595. The number of carbonyl (C=O) groups is 1. The molecule has 6 heteroatoms. The van der Waals surface area contributed by atoms with Crippen molar-refractivity contribution in [3.8, 4) is 0 Å². The van der Waals surface area contributed by atoms with Crippen molar-refractivity contribution >= 4 is 28.1 Å². The van der Waals surface area contributed by atoms with Gasteiger partial charge in [-0.2, -0.15) is 0 Å². The summed E-state index contributed by atoms with van der Waals surface area (Å²) in [6, 6.07) is 6.24. The number of aromatic amines is 1. The lowest BCUT2D eigenvalue weighted by Gasteiger charge is -2.00. The van der Waals surface area contributed by atoms with Gasteiger partial charge in [0.1, 0.15) is 11.5 Å². The summed E-state index contributed by atoms with van der Waals surface area (Å²) in [6.07, 6.45) is 1.74. The molecule has 102 valence electrons. The first kappa shape index (κ1) is 12.8. The van der Waals surface area contributed by atoms with Crippen LogP contribution in [0.2, 0.25) is 0 Å². The van der Waals surface area contributed by atoms with Crippen LogP contribution < -0.4 is 5.32 Å². The maximum absolute atomic E-state index is 13.6. The average Bonchev–Trinajstić information content (AvgIpc) is 3.03. The highest BCUT2D eigenvalue weighted by Gasteiger charge is 2.11. The van der Waals surface area contributed by atoms with Crippen molar-refractivity contribution in [2.24, 2.45) is 0 Å². The van der Waals surface area contributed by atoms with Crippen LogP contribution in [0.5, 0.6) is 0 Å². The van der Waals surface area contributed by atoms with Gasteiger partial charge in [-0.1, -0.05) is 6.07 Å². The number of nitrogens with zero attached hydrogens (tertiary/aromatic N) is 1. The molecular weight excluding hydrogens is 277 g/mol. The number of hydrogen-bond acceptors (Lipinski definition) is 3. The van der Waals surface area contributed by atoms with E-state index in [4.69, 9.17) is 0 Å². The summed E-state index contributed by atoms with van der Waals surface area (Å²) in [5.41, 5.74) is 0.968. The highest BCUT2D eigenvalue weighted by molar-refractivity contribution is 7.11. The second-order valence-corrected chi connectivity index (χ2v) is 5.73. The van der Waals surface area contributed by atoms with Gasteiger partial charge in [0, 0.05) is 22.0 Å². The molecular formula is C14H12FN3OS. The second-order valence-electron chi connectivity index (χ2n) is 4.41. The van der Waals surface area contributed by atoms with E-state index in [1.54, 1.807) is 18.3 Å². The van der Waals surface area contributed by atoms with E-state index in [0.717, 1.165) is 9.88 Å². The molecule has 20 heavy (non-hydrogen) atoms. The third-order valence-electron chi connectivity index (χ3n) is 2.95. The number of aryl methyl sites for hydroxylation is 1. The standard InChI is InChI=1S/C14H12FN3OS/c1-8-16-6-9(20-8)7-17-14(19)13-5-10-11(15)3-2-4-12(10)18-13/h2-6,18H,7H2,1H3,(H,17,19). The lowest BCUT2D eigenvalue weighted by molar-refractivity contribution is 0.0947. The number of halogens is 1. The minimum atomic E-state index is -0.337. The zero-order valence-electron chi connectivity index (χ0n) is 10.7. The van der Waals surface area contributed by atoms with Crippen LogP contribution in [0.4, 0.5) is 4.39 Å². The average molecular weight is 289 g/mol. The van der Waals surface area contributed by atoms with Crippen molar-refractivity contribution in [3.63, 3.8) is 0 Å². The fourth-order valence-corrected chi connectivity index (χ4v) is 2.72. The smallest absolute Gasteiger partial charge is 0.268 e. The van der Waals surface area contributed by atoms with Crippen LogP contribution in [0.25, 0.3) is 10.9 Å². The predicted molar refractivity (Wildman–Crippen MR) is 76.3 cm³/mol. The largest absolute Gasteiger partial charge is 0.350 e. The van der Waals surface area contributed by atoms with Crippen molar-refractivity contribution in [2.45, 2.75) is 13.5 Å². The van der Waals surface area contributed by atoms with Crippen molar-refractivity contribution in [3.05, 3.63) is 51.9 Å². The fourth-order valence-electron chi connectivity index (χ4n) is 1.99. The zero-order valence-corrected chi connectivity index (χ0v) is 11.6. The predicted octanol–water partition coefficient (Wildman–Crippen LogP) is 3.00. The molecule has 0 saturated heterocycles. The molecule has 3 aromatic rings. The van der Waals surface area contributed by atoms with E-state index in [1.807, 2.05) is 6.92 Å². The maximum atomic E-state index is 13.6. The molecule has 4 nitrogen and oxygen atoms in total. The summed E-state index contributed by atoms with van der Waals surface area (Å²) in [6.45, 7) is 2.33. The Kier molecular flexibility index (Phi) is 3.23. The van der Waals surface area contributed by atoms with Gasteiger partial charge in [0.05, 0.1) is 11.6 Å². The van der Waals surface area contributed by atoms with Gasteiger partial charge in [-0.15, -0.1) is 11.3 Å². The van der Waals surface area contributed by atoms with Crippen LogP contribution >= 0.6 is 11.3 Å². The number of benzene rings is 1. The van der Waals surface area contributed by atoms with Crippen molar-refractivity contribution < 1.29 is 9.18 Å². The molecule has 0 atom stereocenters. The van der Waals surface area contributed by atoms with Crippen LogP contribution in [-0.4, -0.2) is 15.9 Å². The third-order valence-corrected chi connectivity index (χ3v) is 3.86. The number of rotatable bonds is 3.